The number of thioether (sulfide) groups is 2. The van der Waals surface area contributed by atoms with E-state index in [9.17, 15) is 5.11 Å². The summed E-state index contributed by atoms with van der Waals surface area (Å²) in [5.74, 6) is 3.75. The van der Waals surface area contributed by atoms with Crippen LogP contribution in [0.1, 0.15) is 5.56 Å². The Balaban J connectivity index is 1.50. The van der Waals surface area contributed by atoms with Gasteiger partial charge in [-0.15, -0.1) is 0 Å². The molecule has 0 amide bonds. The summed E-state index contributed by atoms with van der Waals surface area (Å²) in [6.07, 6.45) is -0.431. The van der Waals surface area contributed by atoms with Gasteiger partial charge in [0.2, 0.25) is 0 Å². The van der Waals surface area contributed by atoms with Crippen molar-refractivity contribution in [1.29, 1.82) is 0 Å². The number of aliphatic hydroxyl groups excluding tert-OH is 1. The van der Waals surface area contributed by atoms with Crippen LogP contribution in [-0.2, 0) is 11.3 Å². The van der Waals surface area contributed by atoms with Gasteiger partial charge in [0.1, 0.15) is 0 Å². The van der Waals surface area contributed by atoms with Gasteiger partial charge in [0.25, 0.3) is 0 Å². The Bertz CT molecular complexity index is 358. The van der Waals surface area contributed by atoms with Gasteiger partial charge in [0.15, 0.2) is 0 Å². The Kier molecular flexibility index (Phi) is 7.83. The molecule has 0 radical (unpaired) electrons. The van der Waals surface area contributed by atoms with Gasteiger partial charge >= 0.3 is 0 Å². The van der Waals surface area contributed by atoms with E-state index in [2.05, 4.69) is 5.32 Å². The van der Waals surface area contributed by atoms with Crippen LogP contribution in [0.4, 0.5) is 0 Å². The minimum Gasteiger partial charge on any atom is -0.389 e. The molecule has 0 bridgehead atoms. The Morgan fingerprint density at radius 2 is 2.15 bits per heavy atom. The third-order valence-electron chi connectivity index (χ3n) is 3.06. The Morgan fingerprint density at radius 3 is 2.90 bits per heavy atom. The van der Waals surface area contributed by atoms with Crippen molar-refractivity contribution in [2.75, 3.05) is 37.0 Å². The van der Waals surface area contributed by atoms with Gasteiger partial charge in [0.05, 0.1) is 19.3 Å². The minimum absolute atomic E-state index is 0.383. The molecule has 2 unspecified atom stereocenters. The first-order chi connectivity index (χ1) is 9.84. The van der Waals surface area contributed by atoms with Crippen LogP contribution >= 0.6 is 23.5 Å². The Hall–Kier alpha value is -0.200. The van der Waals surface area contributed by atoms with Crippen molar-refractivity contribution in [2.24, 2.45) is 0 Å². The van der Waals surface area contributed by atoms with Crippen LogP contribution in [0, 0.1) is 0 Å². The normalized spacial score (nSPS) is 20.8. The molecule has 1 aliphatic heterocycles. The molecule has 5 heteroatoms. The van der Waals surface area contributed by atoms with Gasteiger partial charge in [-0.2, -0.15) is 23.5 Å². The molecule has 2 N–H and O–H groups in total. The zero-order chi connectivity index (χ0) is 14.0. The fourth-order valence-corrected chi connectivity index (χ4v) is 4.66. The molecule has 0 aromatic heterocycles. The third-order valence-corrected chi connectivity index (χ3v) is 5.90. The second-order valence-electron chi connectivity index (χ2n) is 4.88. The standard InChI is InChI=1S/C15H23NO2S2/c17-14(8-16-9-15-12-19-6-7-20-15)11-18-10-13-4-2-1-3-5-13/h1-5,14-17H,6-12H2. The summed E-state index contributed by atoms with van der Waals surface area (Å²) >= 11 is 4.06. The molecule has 1 saturated heterocycles. The molecule has 3 nitrogen and oxygen atoms in total. The topological polar surface area (TPSA) is 41.5 Å². The molecule has 20 heavy (non-hydrogen) atoms. The molecule has 1 aliphatic rings. The molecule has 1 heterocycles. The summed E-state index contributed by atoms with van der Waals surface area (Å²) in [4.78, 5) is 0. The minimum atomic E-state index is -0.431. The third kappa shape index (κ3) is 6.50. The first kappa shape index (κ1) is 16.2. The zero-order valence-electron chi connectivity index (χ0n) is 11.7. The van der Waals surface area contributed by atoms with Crippen molar-refractivity contribution in [2.45, 2.75) is 18.0 Å². The summed E-state index contributed by atoms with van der Waals surface area (Å²) in [6, 6.07) is 10.0. The van der Waals surface area contributed by atoms with Crippen molar-refractivity contribution >= 4 is 23.5 Å². The van der Waals surface area contributed by atoms with E-state index in [0.29, 0.717) is 25.0 Å². The van der Waals surface area contributed by atoms with E-state index in [4.69, 9.17) is 4.74 Å². The van der Waals surface area contributed by atoms with Crippen molar-refractivity contribution in [3.05, 3.63) is 35.9 Å². The lowest BCUT2D eigenvalue weighted by molar-refractivity contribution is 0.0290. The van der Waals surface area contributed by atoms with E-state index >= 15 is 0 Å². The zero-order valence-corrected chi connectivity index (χ0v) is 13.3. The van der Waals surface area contributed by atoms with E-state index in [1.807, 2.05) is 53.9 Å². The number of rotatable bonds is 8. The molecule has 2 atom stereocenters. The van der Waals surface area contributed by atoms with Crippen LogP contribution in [0.25, 0.3) is 0 Å². The van der Waals surface area contributed by atoms with E-state index < -0.39 is 6.10 Å². The fraction of sp³-hybridized carbons (Fsp3) is 0.600. The van der Waals surface area contributed by atoms with Crippen molar-refractivity contribution in [1.82, 2.24) is 5.32 Å². The SMILES string of the molecule is OC(CNCC1CSCCS1)COCc1ccccc1. The van der Waals surface area contributed by atoms with Gasteiger partial charge in [-0.3, -0.25) is 0 Å². The van der Waals surface area contributed by atoms with E-state index in [1.165, 1.54) is 17.3 Å². The van der Waals surface area contributed by atoms with Crippen molar-refractivity contribution in [3.63, 3.8) is 0 Å². The van der Waals surface area contributed by atoms with Gasteiger partial charge in [-0.25, -0.2) is 0 Å². The van der Waals surface area contributed by atoms with Crippen molar-refractivity contribution < 1.29 is 9.84 Å². The molecule has 0 spiro atoms. The van der Waals surface area contributed by atoms with Crippen LogP contribution in [0.2, 0.25) is 0 Å². The fourth-order valence-electron chi connectivity index (χ4n) is 2.01. The summed E-state index contributed by atoms with van der Waals surface area (Å²) in [7, 11) is 0. The number of hydrogen-bond acceptors (Lipinski definition) is 5. The van der Waals surface area contributed by atoms with Crippen LogP contribution in [0.3, 0.4) is 0 Å². The molecule has 1 aromatic rings. The predicted molar refractivity (Wildman–Crippen MR) is 88.5 cm³/mol. The highest BCUT2D eigenvalue weighted by Crippen LogP contribution is 2.23. The molecule has 1 aromatic carbocycles. The van der Waals surface area contributed by atoms with Gasteiger partial charge in [0, 0.05) is 35.6 Å². The Morgan fingerprint density at radius 1 is 1.30 bits per heavy atom. The second-order valence-corrected chi connectivity index (χ2v) is 7.44. The summed E-state index contributed by atoms with van der Waals surface area (Å²) in [5.41, 5.74) is 1.14. The van der Waals surface area contributed by atoms with Gasteiger partial charge < -0.3 is 15.2 Å². The number of benzene rings is 1. The first-order valence-electron chi connectivity index (χ1n) is 7.04. The maximum absolute atomic E-state index is 9.86. The first-order valence-corrected chi connectivity index (χ1v) is 9.25. The van der Waals surface area contributed by atoms with Crippen LogP contribution in [0.5, 0.6) is 0 Å². The Labute approximate surface area is 129 Å². The highest BCUT2D eigenvalue weighted by Gasteiger charge is 2.14. The lowest BCUT2D eigenvalue weighted by atomic mass is 10.2. The maximum atomic E-state index is 9.86. The van der Waals surface area contributed by atoms with Gasteiger partial charge in [-0.05, 0) is 5.56 Å². The number of nitrogens with one attached hydrogen (secondary N) is 1. The quantitative estimate of drug-likeness (QED) is 0.768. The molecule has 0 aliphatic carbocycles. The highest BCUT2D eigenvalue weighted by molar-refractivity contribution is 8.06. The van der Waals surface area contributed by atoms with E-state index in [-0.39, 0.29) is 0 Å². The monoisotopic (exact) mass is 313 g/mol. The van der Waals surface area contributed by atoms with Crippen LogP contribution < -0.4 is 5.32 Å². The van der Waals surface area contributed by atoms with Crippen LogP contribution in [0.15, 0.2) is 30.3 Å². The highest BCUT2D eigenvalue weighted by atomic mass is 32.2. The smallest absolute Gasteiger partial charge is 0.0897 e. The van der Waals surface area contributed by atoms with Crippen molar-refractivity contribution in [3.8, 4) is 0 Å². The molecule has 0 saturated carbocycles. The maximum Gasteiger partial charge on any atom is 0.0897 e. The van der Waals surface area contributed by atoms with Crippen LogP contribution in [-0.4, -0.2) is 53.4 Å². The largest absolute Gasteiger partial charge is 0.389 e. The molecule has 112 valence electrons. The number of aliphatic hydroxyl groups is 1. The molecular weight excluding hydrogens is 290 g/mol. The van der Waals surface area contributed by atoms with Gasteiger partial charge in [-0.1, -0.05) is 30.3 Å². The lowest BCUT2D eigenvalue weighted by Gasteiger charge is -2.22. The average Bonchev–Trinajstić information content (AvgIpc) is 2.49. The van der Waals surface area contributed by atoms with E-state index in [0.717, 1.165) is 12.1 Å². The molecular formula is C15H23NO2S2. The molecule has 1 fully saturated rings. The van der Waals surface area contributed by atoms with E-state index in [1.54, 1.807) is 0 Å². The molecule has 2 rings (SSSR count). The average molecular weight is 313 g/mol. The second kappa shape index (κ2) is 9.68. The number of ether oxygens (including phenoxy) is 1. The number of hydrogen-bond donors (Lipinski definition) is 2. The summed E-state index contributed by atoms with van der Waals surface area (Å²) in [5, 5.41) is 13.9. The summed E-state index contributed by atoms with van der Waals surface area (Å²) in [6.45, 7) is 2.53. The lowest BCUT2D eigenvalue weighted by Crippen LogP contribution is -2.36. The predicted octanol–water partition coefficient (Wildman–Crippen LogP) is 2.00. The summed E-state index contributed by atoms with van der Waals surface area (Å²) < 4.78 is 5.52.